The predicted octanol–water partition coefficient (Wildman–Crippen LogP) is 0.591. The molecule has 9 heteroatoms. The van der Waals surface area contributed by atoms with Crippen molar-refractivity contribution in [2.45, 2.75) is 24.0 Å². The number of sulfonamides is 1. The average Bonchev–Trinajstić information content (AvgIpc) is 2.24. The van der Waals surface area contributed by atoms with Gasteiger partial charge in [-0.05, 0) is 25.1 Å². The summed E-state index contributed by atoms with van der Waals surface area (Å²) < 4.78 is 38.8. The molecule has 19 heavy (non-hydrogen) atoms. The Morgan fingerprint density at radius 2 is 2.05 bits per heavy atom. The zero-order valence-corrected chi connectivity index (χ0v) is 11.2. The van der Waals surface area contributed by atoms with Gasteiger partial charge in [-0.2, -0.15) is 4.72 Å². The highest BCUT2D eigenvalue weighted by molar-refractivity contribution is 7.89. The Labute approximate surface area is 113 Å². The fourth-order valence-electron chi connectivity index (χ4n) is 1.28. The molecule has 0 spiro atoms. The minimum absolute atomic E-state index is 0.00163. The zero-order chi connectivity index (χ0) is 14.8. The Morgan fingerprint density at radius 1 is 1.47 bits per heavy atom. The van der Waals surface area contributed by atoms with Gasteiger partial charge in [-0.1, -0.05) is 11.6 Å². The quantitative estimate of drug-likeness (QED) is 0.738. The predicted molar refractivity (Wildman–Crippen MR) is 64.8 cm³/mol. The summed E-state index contributed by atoms with van der Waals surface area (Å²) in [7, 11) is -4.42. The van der Waals surface area contributed by atoms with Crippen LogP contribution in [0.3, 0.4) is 0 Å². The highest BCUT2D eigenvalue weighted by Gasteiger charge is 2.30. The topological polar surface area (TPSA) is 104 Å². The molecule has 0 aliphatic rings. The van der Waals surface area contributed by atoms with Crippen LogP contribution >= 0.6 is 11.6 Å². The number of carboxylic acid groups (broad SMARTS) is 1. The number of aliphatic hydroxyl groups excluding tert-OH is 1. The van der Waals surface area contributed by atoms with Crippen LogP contribution in [0.25, 0.3) is 0 Å². The van der Waals surface area contributed by atoms with Crippen LogP contribution in [0.2, 0.25) is 5.02 Å². The van der Waals surface area contributed by atoms with Gasteiger partial charge in [0, 0.05) is 5.02 Å². The van der Waals surface area contributed by atoms with Crippen molar-refractivity contribution >= 4 is 27.6 Å². The first-order valence-electron chi connectivity index (χ1n) is 5.03. The molecule has 6 nitrogen and oxygen atoms in total. The summed E-state index contributed by atoms with van der Waals surface area (Å²) in [5.41, 5.74) is 0. The molecule has 1 rings (SSSR count). The van der Waals surface area contributed by atoms with E-state index in [1.165, 1.54) is 0 Å². The maximum atomic E-state index is 13.5. The van der Waals surface area contributed by atoms with Gasteiger partial charge in [0.15, 0.2) is 0 Å². The maximum Gasteiger partial charge on any atom is 0.324 e. The van der Waals surface area contributed by atoms with Crippen LogP contribution in [0.4, 0.5) is 4.39 Å². The second-order valence-corrected chi connectivity index (χ2v) is 5.87. The first kappa shape index (κ1) is 15.8. The highest BCUT2D eigenvalue weighted by atomic mass is 35.5. The molecule has 0 bridgehead atoms. The molecule has 2 atom stereocenters. The number of aliphatic hydroxyl groups is 1. The lowest BCUT2D eigenvalue weighted by Crippen LogP contribution is -2.47. The standard InChI is InChI=1S/C10H11ClFNO5S/c1-5(14)9(10(15)16)13-19(17,18)8-3-2-6(11)4-7(8)12/h2-5,9,13-14H,1H3,(H,15,16)/t5-,9+/m1/s1. The normalized spacial score (nSPS) is 14.9. The minimum atomic E-state index is -4.42. The third-order valence-corrected chi connectivity index (χ3v) is 3.92. The SMILES string of the molecule is C[C@@H](O)[C@H](NS(=O)(=O)c1ccc(Cl)cc1F)C(=O)O. The molecule has 3 N–H and O–H groups in total. The molecule has 0 aromatic heterocycles. The number of hydrogen-bond donors (Lipinski definition) is 3. The van der Waals surface area contributed by atoms with E-state index in [1.807, 2.05) is 0 Å². The molecule has 0 heterocycles. The number of carboxylic acids is 1. The van der Waals surface area contributed by atoms with Crippen molar-refractivity contribution < 1.29 is 27.8 Å². The van der Waals surface area contributed by atoms with E-state index in [9.17, 15) is 22.7 Å². The third-order valence-electron chi connectivity index (χ3n) is 2.21. The Balaban J connectivity index is 3.14. The fourth-order valence-corrected chi connectivity index (χ4v) is 2.76. The molecule has 1 aromatic rings. The van der Waals surface area contributed by atoms with Crippen molar-refractivity contribution in [1.29, 1.82) is 0 Å². The Hall–Kier alpha value is -1.22. The van der Waals surface area contributed by atoms with Gasteiger partial charge in [0.05, 0.1) is 6.10 Å². The van der Waals surface area contributed by atoms with Crippen molar-refractivity contribution in [1.82, 2.24) is 4.72 Å². The molecular weight excluding hydrogens is 301 g/mol. The van der Waals surface area contributed by atoms with Crippen LogP contribution in [0, 0.1) is 5.82 Å². The molecule has 0 saturated heterocycles. The van der Waals surface area contributed by atoms with Crippen molar-refractivity contribution in [3.8, 4) is 0 Å². The van der Waals surface area contributed by atoms with Gasteiger partial charge in [0.25, 0.3) is 0 Å². The lowest BCUT2D eigenvalue weighted by Gasteiger charge is -2.17. The summed E-state index contributed by atoms with van der Waals surface area (Å²) in [6, 6.07) is 1.06. The van der Waals surface area contributed by atoms with E-state index in [1.54, 1.807) is 4.72 Å². The zero-order valence-electron chi connectivity index (χ0n) is 9.67. The van der Waals surface area contributed by atoms with Crippen LogP contribution in [0.1, 0.15) is 6.92 Å². The molecule has 0 saturated carbocycles. The van der Waals surface area contributed by atoms with E-state index in [0.29, 0.717) is 0 Å². The summed E-state index contributed by atoms with van der Waals surface area (Å²) in [5.74, 6) is -2.69. The van der Waals surface area contributed by atoms with Crippen molar-refractivity contribution in [2.24, 2.45) is 0 Å². The van der Waals surface area contributed by atoms with Crippen molar-refractivity contribution in [3.05, 3.63) is 29.0 Å². The first-order valence-corrected chi connectivity index (χ1v) is 6.89. The summed E-state index contributed by atoms with van der Waals surface area (Å²) in [6.07, 6.45) is -1.48. The third kappa shape index (κ3) is 3.87. The second kappa shape index (κ2) is 5.83. The number of nitrogens with one attached hydrogen (secondary N) is 1. The van der Waals surface area contributed by atoms with Gasteiger partial charge in [-0.25, -0.2) is 12.8 Å². The molecule has 0 aliphatic carbocycles. The number of rotatable bonds is 5. The molecule has 106 valence electrons. The van der Waals surface area contributed by atoms with E-state index in [-0.39, 0.29) is 5.02 Å². The molecule has 0 fully saturated rings. The summed E-state index contributed by atoms with van der Waals surface area (Å²) in [6.45, 7) is 1.10. The smallest absolute Gasteiger partial charge is 0.324 e. The minimum Gasteiger partial charge on any atom is -0.480 e. The molecule has 1 aromatic carbocycles. The Morgan fingerprint density at radius 3 is 2.47 bits per heavy atom. The fraction of sp³-hybridized carbons (Fsp3) is 0.300. The Kier molecular flexibility index (Phi) is 4.86. The van der Waals surface area contributed by atoms with Crippen LogP contribution in [0.15, 0.2) is 23.1 Å². The summed E-state index contributed by atoms with van der Waals surface area (Å²) in [5, 5.41) is 18.0. The number of carbonyl (C=O) groups is 1. The lowest BCUT2D eigenvalue weighted by molar-refractivity contribution is -0.141. The molecule has 0 aliphatic heterocycles. The monoisotopic (exact) mass is 311 g/mol. The summed E-state index contributed by atoms with van der Waals surface area (Å²) in [4.78, 5) is 10.0. The largest absolute Gasteiger partial charge is 0.480 e. The molecular formula is C10H11ClFNO5S. The first-order chi connectivity index (χ1) is 8.65. The summed E-state index contributed by atoms with van der Waals surface area (Å²) >= 11 is 5.48. The van der Waals surface area contributed by atoms with Crippen molar-refractivity contribution in [2.75, 3.05) is 0 Å². The number of aliphatic carboxylic acids is 1. The number of hydrogen-bond acceptors (Lipinski definition) is 4. The van der Waals surface area contributed by atoms with Gasteiger partial charge in [-0.3, -0.25) is 4.79 Å². The molecule has 0 unspecified atom stereocenters. The molecule has 0 radical (unpaired) electrons. The van der Waals surface area contributed by atoms with E-state index < -0.39 is 38.9 Å². The second-order valence-electron chi connectivity index (χ2n) is 3.75. The van der Waals surface area contributed by atoms with Gasteiger partial charge in [-0.15, -0.1) is 0 Å². The van der Waals surface area contributed by atoms with Gasteiger partial charge in [0.1, 0.15) is 16.8 Å². The van der Waals surface area contributed by atoms with Crippen LogP contribution in [-0.4, -0.2) is 36.7 Å². The Bertz CT molecular complexity index is 590. The van der Waals surface area contributed by atoms with Crippen LogP contribution in [-0.2, 0) is 14.8 Å². The maximum absolute atomic E-state index is 13.5. The van der Waals surface area contributed by atoms with Gasteiger partial charge >= 0.3 is 5.97 Å². The number of halogens is 2. The van der Waals surface area contributed by atoms with Gasteiger partial charge < -0.3 is 10.2 Å². The number of benzene rings is 1. The lowest BCUT2D eigenvalue weighted by atomic mass is 10.2. The van der Waals surface area contributed by atoms with Crippen LogP contribution < -0.4 is 4.72 Å². The van der Waals surface area contributed by atoms with E-state index >= 15 is 0 Å². The van der Waals surface area contributed by atoms with E-state index in [0.717, 1.165) is 25.1 Å². The molecule has 0 amide bonds. The highest BCUT2D eigenvalue weighted by Crippen LogP contribution is 2.19. The van der Waals surface area contributed by atoms with Crippen LogP contribution in [0.5, 0.6) is 0 Å². The van der Waals surface area contributed by atoms with Crippen molar-refractivity contribution in [3.63, 3.8) is 0 Å². The van der Waals surface area contributed by atoms with Gasteiger partial charge in [0.2, 0.25) is 10.0 Å². The van der Waals surface area contributed by atoms with E-state index in [4.69, 9.17) is 16.7 Å². The average molecular weight is 312 g/mol. The van der Waals surface area contributed by atoms with E-state index in [2.05, 4.69) is 0 Å².